The van der Waals surface area contributed by atoms with Crippen LogP contribution in [-0.2, 0) is 14.3 Å². The molecule has 0 radical (unpaired) electrons. The van der Waals surface area contributed by atoms with Gasteiger partial charge in [0.2, 0.25) is 5.91 Å². The molecule has 0 aliphatic rings. The maximum atomic E-state index is 12.2. The topological polar surface area (TPSA) is 66.8 Å². The Morgan fingerprint density at radius 3 is 1.75 bits per heavy atom. The lowest BCUT2D eigenvalue weighted by atomic mass is 9.95. The number of carbonyl (C=O) groups is 2. The van der Waals surface area contributed by atoms with Crippen molar-refractivity contribution in [2.45, 2.75) is 67.0 Å². The number of amides is 1. The van der Waals surface area contributed by atoms with Crippen LogP contribution in [0, 0.1) is 17.8 Å². The fourth-order valence-corrected chi connectivity index (χ4v) is 1.65. The molecule has 0 aromatic carbocycles. The van der Waals surface area contributed by atoms with Gasteiger partial charge >= 0.3 is 5.97 Å². The summed E-state index contributed by atoms with van der Waals surface area (Å²) in [6.07, 6.45) is 0. The monoisotopic (exact) mass is 287 g/mol. The SMILES string of the molecule is CC(C)[C@H](C)C(=O)N(O)[C@H](C(=O)OC(C)(C)C)C(C)C. The van der Waals surface area contributed by atoms with Crippen molar-refractivity contribution in [3.63, 3.8) is 0 Å². The van der Waals surface area contributed by atoms with E-state index in [4.69, 9.17) is 4.74 Å². The fourth-order valence-electron chi connectivity index (χ4n) is 1.65. The number of hydrogen-bond acceptors (Lipinski definition) is 4. The Morgan fingerprint density at radius 1 is 1.00 bits per heavy atom. The molecule has 0 aliphatic carbocycles. The molecular formula is C15H29NO4. The predicted molar refractivity (Wildman–Crippen MR) is 77.1 cm³/mol. The number of hydroxylamine groups is 2. The molecule has 5 heteroatoms. The molecule has 0 fully saturated rings. The van der Waals surface area contributed by atoms with Gasteiger partial charge in [-0.1, -0.05) is 34.6 Å². The molecule has 1 amide bonds. The number of ether oxygens (including phenoxy) is 1. The third-order valence-electron chi connectivity index (χ3n) is 3.16. The van der Waals surface area contributed by atoms with E-state index in [1.807, 2.05) is 13.8 Å². The summed E-state index contributed by atoms with van der Waals surface area (Å²) in [5.74, 6) is -1.55. The second kappa shape index (κ2) is 7.07. The van der Waals surface area contributed by atoms with Crippen LogP contribution >= 0.6 is 0 Å². The zero-order valence-corrected chi connectivity index (χ0v) is 13.9. The van der Waals surface area contributed by atoms with Crippen molar-refractivity contribution in [2.24, 2.45) is 17.8 Å². The van der Waals surface area contributed by atoms with E-state index in [1.54, 1.807) is 41.5 Å². The van der Waals surface area contributed by atoms with E-state index in [0.717, 1.165) is 0 Å². The smallest absolute Gasteiger partial charge is 0.332 e. The lowest BCUT2D eigenvalue weighted by Gasteiger charge is -2.32. The van der Waals surface area contributed by atoms with Gasteiger partial charge in [0.25, 0.3) is 0 Å². The van der Waals surface area contributed by atoms with Gasteiger partial charge in [-0.3, -0.25) is 10.0 Å². The second-order valence-corrected chi connectivity index (χ2v) is 6.94. The van der Waals surface area contributed by atoms with Gasteiger partial charge in [-0.15, -0.1) is 0 Å². The molecule has 0 aliphatic heterocycles. The van der Waals surface area contributed by atoms with Crippen LogP contribution < -0.4 is 0 Å². The third-order valence-corrected chi connectivity index (χ3v) is 3.16. The van der Waals surface area contributed by atoms with Gasteiger partial charge in [0.05, 0.1) is 0 Å². The lowest BCUT2D eigenvalue weighted by molar-refractivity contribution is -0.201. The first-order valence-corrected chi connectivity index (χ1v) is 7.13. The summed E-state index contributed by atoms with van der Waals surface area (Å²) in [6.45, 7) is 14.3. The van der Waals surface area contributed by atoms with Crippen LogP contribution in [-0.4, -0.2) is 33.8 Å². The molecule has 1 N–H and O–H groups in total. The highest BCUT2D eigenvalue weighted by Crippen LogP contribution is 2.20. The van der Waals surface area contributed by atoms with Crippen LogP contribution in [0.1, 0.15) is 55.4 Å². The number of hydrogen-bond donors (Lipinski definition) is 1. The molecule has 0 unspecified atom stereocenters. The summed E-state index contributed by atoms with van der Waals surface area (Å²) >= 11 is 0. The lowest BCUT2D eigenvalue weighted by Crippen LogP contribution is -2.50. The third kappa shape index (κ3) is 5.49. The summed E-state index contributed by atoms with van der Waals surface area (Å²) in [6, 6.07) is -0.983. The largest absolute Gasteiger partial charge is 0.458 e. The van der Waals surface area contributed by atoms with Gasteiger partial charge in [0.1, 0.15) is 5.60 Å². The van der Waals surface area contributed by atoms with Crippen molar-refractivity contribution in [3.8, 4) is 0 Å². The molecule has 5 nitrogen and oxygen atoms in total. The molecule has 118 valence electrons. The number of carbonyl (C=O) groups excluding carboxylic acids is 2. The Hall–Kier alpha value is -1.10. The molecular weight excluding hydrogens is 258 g/mol. The van der Waals surface area contributed by atoms with E-state index < -0.39 is 23.5 Å². The number of esters is 1. The Balaban J connectivity index is 5.10. The first-order chi connectivity index (χ1) is 8.88. The highest BCUT2D eigenvalue weighted by molar-refractivity contribution is 5.85. The summed E-state index contributed by atoms with van der Waals surface area (Å²) in [5, 5.41) is 10.7. The van der Waals surface area contributed by atoms with E-state index in [2.05, 4.69) is 0 Å². The van der Waals surface area contributed by atoms with Crippen molar-refractivity contribution in [3.05, 3.63) is 0 Å². The molecule has 2 atom stereocenters. The van der Waals surface area contributed by atoms with Crippen molar-refractivity contribution in [1.82, 2.24) is 5.06 Å². The van der Waals surface area contributed by atoms with Gasteiger partial charge < -0.3 is 4.74 Å². The Kier molecular flexibility index (Phi) is 6.68. The van der Waals surface area contributed by atoms with E-state index in [9.17, 15) is 14.8 Å². The fraction of sp³-hybridized carbons (Fsp3) is 0.867. The van der Waals surface area contributed by atoms with Crippen molar-refractivity contribution < 1.29 is 19.5 Å². The summed E-state index contributed by atoms with van der Waals surface area (Å²) in [4.78, 5) is 24.3. The van der Waals surface area contributed by atoms with Crippen LogP contribution in [0.25, 0.3) is 0 Å². The van der Waals surface area contributed by atoms with Crippen molar-refractivity contribution in [1.29, 1.82) is 0 Å². The summed E-state index contributed by atoms with van der Waals surface area (Å²) in [7, 11) is 0. The van der Waals surface area contributed by atoms with Crippen LogP contribution in [0.3, 0.4) is 0 Å². The minimum atomic E-state index is -0.983. The van der Waals surface area contributed by atoms with Crippen LogP contribution in [0.5, 0.6) is 0 Å². The molecule has 20 heavy (non-hydrogen) atoms. The van der Waals surface area contributed by atoms with E-state index in [-0.39, 0.29) is 17.8 Å². The van der Waals surface area contributed by atoms with Gasteiger partial charge in [-0.2, -0.15) is 0 Å². The minimum Gasteiger partial charge on any atom is -0.458 e. The van der Waals surface area contributed by atoms with Crippen molar-refractivity contribution in [2.75, 3.05) is 0 Å². The zero-order valence-electron chi connectivity index (χ0n) is 13.9. The first kappa shape index (κ1) is 18.9. The van der Waals surface area contributed by atoms with E-state index in [1.165, 1.54) is 0 Å². The summed E-state index contributed by atoms with van der Waals surface area (Å²) in [5.41, 5.74) is -0.655. The molecule has 0 aromatic heterocycles. The zero-order chi connectivity index (χ0) is 16.2. The van der Waals surface area contributed by atoms with Crippen LogP contribution in [0.2, 0.25) is 0 Å². The molecule has 0 bridgehead atoms. The highest BCUT2D eigenvalue weighted by atomic mass is 16.6. The van der Waals surface area contributed by atoms with Gasteiger partial charge in [0.15, 0.2) is 6.04 Å². The molecule has 0 aromatic rings. The summed E-state index contributed by atoms with van der Waals surface area (Å²) < 4.78 is 5.28. The normalized spacial score (nSPS) is 15.2. The minimum absolute atomic E-state index is 0.0867. The Labute approximate surface area is 122 Å². The average molecular weight is 287 g/mol. The molecule has 0 saturated carbocycles. The maximum absolute atomic E-state index is 12.2. The maximum Gasteiger partial charge on any atom is 0.332 e. The van der Waals surface area contributed by atoms with Crippen LogP contribution in [0.15, 0.2) is 0 Å². The van der Waals surface area contributed by atoms with Gasteiger partial charge in [-0.05, 0) is 32.6 Å². The molecule has 0 spiro atoms. The first-order valence-electron chi connectivity index (χ1n) is 7.13. The quantitative estimate of drug-likeness (QED) is 0.479. The van der Waals surface area contributed by atoms with E-state index in [0.29, 0.717) is 5.06 Å². The molecule has 0 heterocycles. The number of nitrogens with zero attached hydrogens (tertiary/aromatic N) is 1. The van der Waals surface area contributed by atoms with Crippen LogP contribution in [0.4, 0.5) is 0 Å². The van der Waals surface area contributed by atoms with Crippen molar-refractivity contribution >= 4 is 11.9 Å². The highest BCUT2D eigenvalue weighted by Gasteiger charge is 2.37. The predicted octanol–water partition coefficient (Wildman–Crippen LogP) is 2.86. The standard InChI is InChI=1S/C15H29NO4/c1-9(2)11(5)13(17)16(19)12(10(3)4)14(18)20-15(6,7)8/h9-12,19H,1-8H3/t11-,12-/m0/s1. The van der Waals surface area contributed by atoms with Gasteiger partial charge in [-0.25, -0.2) is 9.86 Å². The second-order valence-electron chi connectivity index (χ2n) is 6.94. The number of rotatable bonds is 5. The molecule has 0 rings (SSSR count). The van der Waals surface area contributed by atoms with Gasteiger partial charge in [0, 0.05) is 5.92 Å². The van der Waals surface area contributed by atoms with E-state index >= 15 is 0 Å². The Morgan fingerprint density at radius 2 is 1.45 bits per heavy atom. The average Bonchev–Trinajstić information content (AvgIpc) is 2.23. The molecule has 0 saturated heterocycles. The Bertz CT molecular complexity index is 344.